The van der Waals surface area contributed by atoms with Crippen LogP contribution in [0.2, 0.25) is 0 Å². The molecule has 21 heavy (non-hydrogen) atoms. The third-order valence-electron chi connectivity index (χ3n) is 3.35. The van der Waals surface area contributed by atoms with Crippen LogP contribution < -0.4 is 15.4 Å². The van der Waals surface area contributed by atoms with Gasteiger partial charge < -0.3 is 25.2 Å². The predicted molar refractivity (Wildman–Crippen MR) is 78.1 cm³/mol. The number of rotatable bonds is 6. The highest BCUT2D eigenvalue weighted by atomic mass is 16.5. The van der Waals surface area contributed by atoms with Crippen molar-refractivity contribution in [1.82, 2.24) is 10.6 Å². The number of benzene rings is 1. The molecular weight excluding hydrogens is 272 g/mol. The van der Waals surface area contributed by atoms with E-state index in [1.54, 1.807) is 0 Å². The lowest BCUT2D eigenvalue weighted by atomic mass is 10.1. The number of hydrogen-bond donors (Lipinski definition) is 3. The molecule has 1 saturated heterocycles. The minimum Gasteiger partial charge on any atom is -0.491 e. The monoisotopic (exact) mass is 294 g/mol. The van der Waals surface area contributed by atoms with Gasteiger partial charge in [0.05, 0.1) is 19.3 Å². The van der Waals surface area contributed by atoms with Crippen molar-refractivity contribution < 1.29 is 19.4 Å². The molecule has 116 valence electrons. The summed E-state index contributed by atoms with van der Waals surface area (Å²) in [6.45, 7) is 3.96. The van der Waals surface area contributed by atoms with E-state index in [2.05, 4.69) is 10.6 Å². The van der Waals surface area contributed by atoms with Gasteiger partial charge in [-0.3, -0.25) is 4.79 Å². The van der Waals surface area contributed by atoms with Gasteiger partial charge in [0.1, 0.15) is 18.4 Å². The van der Waals surface area contributed by atoms with Crippen LogP contribution in [0.5, 0.6) is 5.75 Å². The SMILES string of the molecule is C[C@H]1OCCN[C@@H]1C(=O)NCc1ccc(OCCO)cc1. The first-order valence-electron chi connectivity index (χ1n) is 7.16. The lowest BCUT2D eigenvalue weighted by Crippen LogP contribution is -2.55. The van der Waals surface area contributed by atoms with Crippen molar-refractivity contribution in [2.24, 2.45) is 0 Å². The van der Waals surface area contributed by atoms with E-state index in [9.17, 15) is 4.79 Å². The number of amides is 1. The first-order chi connectivity index (χ1) is 10.2. The Hall–Kier alpha value is -1.63. The molecule has 0 bridgehead atoms. The zero-order valence-corrected chi connectivity index (χ0v) is 12.2. The standard InChI is InChI=1S/C15H22N2O4/c1-11-14(16-6-8-20-11)15(19)17-10-12-2-4-13(5-3-12)21-9-7-18/h2-5,11,14,16,18H,6-10H2,1H3,(H,17,19)/t11-,14+/m1/s1. The van der Waals surface area contributed by atoms with E-state index >= 15 is 0 Å². The van der Waals surface area contributed by atoms with Crippen LogP contribution in [0.3, 0.4) is 0 Å². The number of morpholine rings is 1. The van der Waals surface area contributed by atoms with Crippen LogP contribution in [0, 0.1) is 0 Å². The second-order valence-electron chi connectivity index (χ2n) is 4.94. The molecule has 1 amide bonds. The van der Waals surface area contributed by atoms with Gasteiger partial charge in [-0.05, 0) is 24.6 Å². The number of carbonyl (C=O) groups is 1. The van der Waals surface area contributed by atoms with Crippen molar-refractivity contribution in [2.75, 3.05) is 26.4 Å². The lowest BCUT2D eigenvalue weighted by Gasteiger charge is -2.29. The van der Waals surface area contributed by atoms with E-state index in [1.807, 2.05) is 31.2 Å². The number of nitrogens with one attached hydrogen (secondary N) is 2. The van der Waals surface area contributed by atoms with Gasteiger partial charge in [-0.15, -0.1) is 0 Å². The Morgan fingerprint density at radius 2 is 2.24 bits per heavy atom. The highest BCUT2D eigenvalue weighted by molar-refractivity contribution is 5.82. The fourth-order valence-electron chi connectivity index (χ4n) is 2.19. The molecule has 1 aliphatic rings. The second-order valence-corrected chi connectivity index (χ2v) is 4.94. The van der Waals surface area contributed by atoms with Crippen molar-refractivity contribution in [3.05, 3.63) is 29.8 Å². The molecule has 0 saturated carbocycles. The van der Waals surface area contributed by atoms with E-state index in [1.165, 1.54) is 0 Å². The van der Waals surface area contributed by atoms with E-state index in [4.69, 9.17) is 14.6 Å². The summed E-state index contributed by atoms with van der Waals surface area (Å²) in [7, 11) is 0. The molecule has 0 unspecified atom stereocenters. The Morgan fingerprint density at radius 3 is 2.90 bits per heavy atom. The van der Waals surface area contributed by atoms with Crippen LogP contribution in [0.25, 0.3) is 0 Å². The smallest absolute Gasteiger partial charge is 0.240 e. The van der Waals surface area contributed by atoms with E-state index < -0.39 is 0 Å². The number of hydrogen-bond acceptors (Lipinski definition) is 5. The summed E-state index contributed by atoms with van der Waals surface area (Å²) in [5.74, 6) is 0.651. The third-order valence-corrected chi connectivity index (χ3v) is 3.35. The van der Waals surface area contributed by atoms with Gasteiger partial charge in [-0.2, -0.15) is 0 Å². The summed E-state index contributed by atoms with van der Waals surface area (Å²) >= 11 is 0. The number of aliphatic hydroxyl groups excluding tert-OH is 1. The molecule has 2 rings (SSSR count). The molecule has 0 radical (unpaired) electrons. The summed E-state index contributed by atoms with van der Waals surface area (Å²) in [5, 5.41) is 14.7. The van der Waals surface area contributed by atoms with Crippen LogP contribution >= 0.6 is 0 Å². The fraction of sp³-hybridized carbons (Fsp3) is 0.533. The van der Waals surface area contributed by atoms with E-state index in [0.717, 1.165) is 5.56 Å². The zero-order chi connectivity index (χ0) is 15.1. The topological polar surface area (TPSA) is 79.8 Å². The maximum Gasteiger partial charge on any atom is 0.240 e. The van der Waals surface area contributed by atoms with Crippen LogP contribution in [0.15, 0.2) is 24.3 Å². The molecule has 1 heterocycles. The number of aliphatic hydroxyl groups is 1. The largest absolute Gasteiger partial charge is 0.491 e. The maximum atomic E-state index is 12.1. The number of carbonyl (C=O) groups excluding carboxylic acids is 1. The predicted octanol–water partition coefficient (Wildman–Crippen LogP) is 0.0508. The van der Waals surface area contributed by atoms with Crippen LogP contribution in [-0.2, 0) is 16.1 Å². The molecule has 1 aliphatic heterocycles. The Kier molecular flexibility index (Phi) is 5.98. The average Bonchev–Trinajstić information content (AvgIpc) is 2.52. The second kappa shape index (κ2) is 7.97. The minimum absolute atomic E-state index is 0.00749. The Bertz CT molecular complexity index is 449. The van der Waals surface area contributed by atoms with Crippen LogP contribution in [0.1, 0.15) is 12.5 Å². The molecule has 3 N–H and O–H groups in total. The molecule has 1 fully saturated rings. The van der Waals surface area contributed by atoms with Gasteiger partial charge in [0.15, 0.2) is 0 Å². The first kappa shape index (κ1) is 15.8. The summed E-state index contributed by atoms with van der Waals surface area (Å²) < 4.78 is 10.7. The van der Waals surface area contributed by atoms with Gasteiger partial charge in [0.25, 0.3) is 0 Å². The average molecular weight is 294 g/mol. The molecule has 6 heteroatoms. The lowest BCUT2D eigenvalue weighted by molar-refractivity contribution is -0.129. The molecule has 0 aliphatic carbocycles. The molecule has 2 atom stereocenters. The Labute approximate surface area is 124 Å². The molecule has 6 nitrogen and oxygen atoms in total. The quantitative estimate of drug-likeness (QED) is 0.691. The van der Waals surface area contributed by atoms with Crippen molar-refractivity contribution >= 4 is 5.91 Å². The van der Waals surface area contributed by atoms with Crippen molar-refractivity contribution in [2.45, 2.75) is 25.6 Å². The van der Waals surface area contributed by atoms with Gasteiger partial charge in [0, 0.05) is 13.1 Å². The molecule has 1 aromatic carbocycles. The Morgan fingerprint density at radius 1 is 1.48 bits per heavy atom. The van der Waals surface area contributed by atoms with Crippen molar-refractivity contribution in [1.29, 1.82) is 0 Å². The van der Waals surface area contributed by atoms with E-state index in [-0.39, 0.29) is 31.3 Å². The van der Waals surface area contributed by atoms with Crippen molar-refractivity contribution in [3.63, 3.8) is 0 Å². The molecule has 0 spiro atoms. The normalized spacial score (nSPS) is 21.8. The summed E-state index contributed by atoms with van der Waals surface area (Å²) in [6, 6.07) is 7.12. The van der Waals surface area contributed by atoms with Crippen LogP contribution in [0.4, 0.5) is 0 Å². The molecular formula is C15H22N2O4. The summed E-state index contributed by atoms with van der Waals surface area (Å²) in [4.78, 5) is 12.1. The minimum atomic E-state index is -0.300. The molecule has 0 aromatic heterocycles. The summed E-state index contributed by atoms with van der Waals surface area (Å²) in [5.41, 5.74) is 0.990. The third kappa shape index (κ3) is 4.70. The first-order valence-corrected chi connectivity index (χ1v) is 7.16. The number of ether oxygens (including phenoxy) is 2. The van der Waals surface area contributed by atoms with E-state index in [0.29, 0.717) is 25.4 Å². The zero-order valence-electron chi connectivity index (χ0n) is 12.2. The summed E-state index contributed by atoms with van der Waals surface area (Å²) in [6.07, 6.45) is -0.118. The van der Waals surface area contributed by atoms with Gasteiger partial charge >= 0.3 is 0 Å². The van der Waals surface area contributed by atoms with Crippen molar-refractivity contribution in [3.8, 4) is 5.75 Å². The maximum absolute atomic E-state index is 12.1. The fourth-order valence-corrected chi connectivity index (χ4v) is 2.19. The van der Waals surface area contributed by atoms with Crippen LogP contribution in [-0.4, -0.2) is 49.5 Å². The Balaban J connectivity index is 1.80. The molecule has 1 aromatic rings. The van der Waals surface area contributed by atoms with Gasteiger partial charge in [-0.25, -0.2) is 0 Å². The highest BCUT2D eigenvalue weighted by Gasteiger charge is 2.27. The highest BCUT2D eigenvalue weighted by Crippen LogP contribution is 2.12. The van der Waals surface area contributed by atoms with Gasteiger partial charge in [-0.1, -0.05) is 12.1 Å². The van der Waals surface area contributed by atoms with Gasteiger partial charge in [0.2, 0.25) is 5.91 Å².